The molecule has 0 radical (unpaired) electrons. The molecule has 2 heterocycles. The SMILES string of the molecule is CCOC1CCN(Cc2cc(CN)sc2C)CC1. The Hall–Kier alpha value is -0.420. The molecule has 0 atom stereocenters. The molecular formula is C14H24N2OS. The lowest BCUT2D eigenvalue weighted by molar-refractivity contribution is 0.0125. The van der Waals surface area contributed by atoms with Crippen LogP contribution in [0.4, 0.5) is 0 Å². The van der Waals surface area contributed by atoms with Crippen molar-refractivity contribution in [2.75, 3.05) is 19.7 Å². The van der Waals surface area contributed by atoms with Crippen molar-refractivity contribution >= 4 is 11.3 Å². The number of nitrogens with two attached hydrogens (primary N) is 1. The summed E-state index contributed by atoms with van der Waals surface area (Å²) >= 11 is 1.84. The number of nitrogens with zero attached hydrogens (tertiary/aromatic N) is 1. The maximum absolute atomic E-state index is 5.70. The van der Waals surface area contributed by atoms with Gasteiger partial charge in [0.15, 0.2) is 0 Å². The predicted molar refractivity (Wildman–Crippen MR) is 76.9 cm³/mol. The molecule has 0 bridgehead atoms. The number of hydrogen-bond acceptors (Lipinski definition) is 4. The molecule has 4 heteroatoms. The largest absolute Gasteiger partial charge is 0.378 e. The van der Waals surface area contributed by atoms with Crippen molar-refractivity contribution in [3.8, 4) is 0 Å². The minimum atomic E-state index is 0.481. The van der Waals surface area contributed by atoms with Crippen LogP contribution >= 0.6 is 11.3 Å². The van der Waals surface area contributed by atoms with E-state index in [4.69, 9.17) is 10.5 Å². The number of likely N-dealkylation sites (tertiary alicyclic amines) is 1. The van der Waals surface area contributed by atoms with Crippen LogP contribution in [0.5, 0.6) is 0 Å². The predicted octanol–water partition coefficient (Wildman–Crippen LogP) is 2.52. The average Bonchev–Trinajstić information content (AvgIpc) is 2.73. The number of hydrogen-bond donors (Lipinski definition) is 1. The van der Waals surface area contributed by atoms with Crippen LogP contribution in [0.3, 0.4) is 0 Å². The quantitative estimate of drug-likeness (QED) is 0.892. The van der Waals surface area contributed by atoms with Crippen molar-refractivity contribution in [2.45, 2.75) is 45.9 Å². The third-order valence-corrected chi connectivity index (χ3v) is 4.72. The minimum Gasteiger partial charge on any atom is -0.378 e. The molecule has 2 rings (SSSR count). The Balaban J connectivity index is 1.85. The van der Waals surface area contributed by atoms with Crippen LogP contribution in [0.2, 0.25) is 0 Å². The van der Waals surface area contributed by atoms with Crippen LogP contribution in [0.15, 0.2) is 6.07 Å². The molecule has 3 nitrogen and oxygen atoms in total. The highest BCUT2D eigenvalue weighted by molar-refractivity contribution is 7.12. The Morgan fingerprint density at radius 1 is 1.44 bits per heavy atom. The molecule has 0 unspecified atom stereocenters. The van der Waals surface area contributed by atoms with Gasteiger partial charge in [-0.2, -0.15) is 0 Å². The van der Waals surface area contributed by atoms with Gasteiger partial charge in [-0.15, -0.1) is 11.3 Å². The average molecular weight is 268 g/mol. The number of thiophene rings is 1. The fraction of sp³-hybridized carbons (Fsp3) is 0.714. The van der Waals surface area contributed by atoms with Gasteiger partial charge in [0.25, 0.3) is 0 Å². The Labute approximate surface area is 114 Å². The lowest BCUT2D eigenvalue weighted by atomic mass is 10.1. The Morgan fingerprint density at radius 2 is 2.17 bits per heavy atom. The van der Waals surface area contributed by atoms with Gasteiger partial charge in [0.05, 0.1) is 6.10 Å². The van der Waals surface area contributed by atoms with Crippen molar-refractivity contribution in [1.29, 1.82) is 0 Å². The zero-order valence-corrected chi connectivity index (χ0v) is 12.3. The highest BCUT2D eigenvalue weighted by Crippen LogP contribution is 2.24. The van der Waals surface area contributed by atoms with Gasteiger partial charge in [-0.3, -0.25) is 4.90 Å². The summed E-state index contributed by atoms with van der Waals surface area (Å²) in [6.45, 7) is 9.16. The molecule has 0 aromatic carbocycles. The molecule has 1 aliphatic rings. The van der Waals surface area contributed by atoms with Gasteiger partial charge in [-0.05, 0) is 38.3 Å². The highest BCUT2D eigenvalue weighted by atomic mass is 32.1. The van der Waals surface area contributed by atoms with E-state index in [-0.39, 0.29) is 0 Å². The summed E-state index contributed by atoms with van der Waals surface area (Å²) in [5.74, 6) is 0. The van der Waals surface area contributed by atoms with Crippen molar-refractivity contribution in [1.82, 2.24) is 4.90 Å². The first kappa shape index (κ1) is 14.0. The summed E-state index contributed by atoms with van der Waals surface area (Å²) in [6.07, 6.45) is 2.82. The maximum atomic E-state index is 5.70. The Bertz CT molecular complexity index is 370. The normalized spacial score (nSPS) is 18.4. The van der Waals surface area contributed by atoms with Crippen LogP contribution in [0.25, 0.3) is 0 Å². The third-order valence-electron chi connectivity index (χ3n) is 3.60. The van der Waals surface area contributed by atoms with E-state index in [0.29, 0.717) is 12.6 Å². The van der Waals surface area contributed by atoms with Gasteiger partial charge in [0.2, 0.25) is 0 Å². The summed E-state index contributed by atoms with van der Waals surface area (Å²) < 4.78 is 5.69. The van der Waals surface area contributed by atoms with E-state index in [1.807, 2.05) is 11.3 Å². The summed E-state index contributed by atoms with van der Waals surface area (Å²) in [5.41, 5.74) is 7.15. The van der Waals surface area contributed by atoms with Crippen molar-refractivity contribution in [3.63, 3.8) is 0 Å². The standard InChI is InChI=1S/C14H24N2OS/c1-3-17-13-4-6-16(7-5-13)10-12-8-14(9-15)18-11(12)2/h8,13H,3-7,9-10,15H2,1-2H3. The lowest BCUT2D eigenvalue weighted by Crippen LogP contribution is -2.36. The highest BCUT2D eigenvalue weighted by Gasteiger charge is 2.20. The smallest absolute Gasteiger partial charge is 0.0599 e. The van der Waals surface area contributed by atoms with Gasteiger partial charge in [-0.1, -0.05) is 0 Å². The third kappa shape index (κ3) is 3.54. The fourth-order valence-electron chi connectivity index (χ4n) is 2.56. The van der Waals surface area contributed by atoms with E-state index in [2.05, 4.69) is 24.8 Å². The van der Waals surface area contributed by atoms with Gasteiger partial charge in [0, 0.05) is 42.5 Å². The first-order valence-corrected chi connectivity index (χ1v) is 7.66. The molecule has 18 heavy (non-hydrogen) atoms. The van der Waals surface area contributed by atoms with Crippen LogP contribution in [-0.2, 0) is 17.8 Å². The lowest BCUT2D eigenvalue weighted by Gasteiger charge is -2.31. The van der Waals surface area contributed by atoms with E-state index < -0.39 is 0 Å². The second-order valence-corrected chi connectivity index (χ2v) is 6.27. The summed E-state index contributed by atoms with van der Waals surface area (Å²) in [4.78, 5) is 5.25. The molecule has 0 spiro atoms. The van der Waals surface area contributed by atoms with Gasteiger partial charge < -0.3 is 10.5 Å². The second kappa shape index (κ2) is 6.66. The molecule has 1 saturated heterocycles. The van der Waals surface area contributed by atoms with Crippen LogP contribution in [0, 0.1) is 6.92 Å². The molecule has 1 fully saturated rings. The van der Waals surface area contributed by atoms with Crippen molar-refractivity contribution < 1.29 is 4.74 Å². The molecule has 0 aliphatic carbocycles. The molecule has 1 aromatic heterocycles. The summed E-state index contributed by atoms with van der Waals surface area (Å²) in [5, 5.41) is 0. The molecule has 1 aliphatic heterocycles. The fourth-order valence-corrected chi connectivity index (χ4v) is 3.49. The maximum Gasteiger partial charge on any atom is 0.0599 e. The van der Waals surface area contributed by atoms with E-state index in [1.165, 1.54) is 28.2 Å². The number of ether oxygens (including phenoxy) is 1. The molecule has 102 valence electrons. The number of piperidine rings is 1. The first-order chi connectivity index (χ1) is 8.72. The minimum absolute atomic E-state index is 0.481. The van der Waals surface area contributed by atoms with Crippen LogP contribution < -0.4 is 5.73 Å². The topological polar surface area (TPSA) is 38.5 Å². The van der Waals surface area contributed by atoms with Crippen molar-refractivity contribution in [2.24, 2.45) is 5.73 Å². The second-order valence-electron chi connectivity index (χ2n) is 4.93. The van der Waals surface area contributed by atoms with Crippen LogP contribution in [-0.4, -0.2) is 30.7 Å². The van der Waals surface area contributed by atoms with E-state index in [1.54, 1.807) is 0 Å². The zero-order valence-electron chi connectivity index (χ0n) is 11.4. The van der Waals surface area contributed by atoms with E-state index in [9.17, 15) is 0 Å². The number of aryl methyl sites for hydroxylation is 1. The van der Waals surface area contributed by atoms with Gasteiger partial charge in [0.1, 0.15) is 0 Å². The van der Waals surface area contributed by atoms with Gasteiger partial charge >= 0.3 is 0 Å². The molecule has 1 aromatic rings. The first-order valence-electron chi connectivity index (χ1n) is 6.85. The van der Waals surface area contributed by atoms with Gasteiger partial charge in [-0.25, -0.2) is 0 Å². The molecule has 0 saturated carbocycles. The number of rotatable bonds is 5. The summed E-state index contributed by atoms with van der Waals surface area (Å²) in [7, 11) is 0. The van der Waals surface area contributed by atoms with Crippen LogP contribution in [0.1, 0.15) is 35.1 Å². The zero-order chi connectivity index (χ0) is 13.0. The molecular weight excluding hydrogens is 244 g/mol. The summed E-state index contributed by atoms with van der Waals surface area (Å²) in [6, 6.07) is 2.27. The monoisotopic (exact) mass is 268 g/mol. The molecule has 0 amide bonds. The van der Waals surface area contributed by atoms with E-state index >= 15 is 0 Å². The Kier molecular flexibility index (Phi) is 5.18. The Morgan fingerprint density at radius 3 is 2.72 bits per heavy atom. The van der Waals surface area contributed by atoms with E-state index in [0.717, 1.165) is 26.2 Å². The molecule has 2 N–H and O–H groups in total. The van der Waals surface area contributed by atoms with Crippen molar-refractivity contribution in [3.05, 3.63) is 21.4 Å².